The second-order valence-corrected chi connectivity index (χ2v) is 15.5. The van der Waals surface area contributed by atoms with Crippen molar-refractivity contribution in [1.82, 2.24) is 9.55 Å². The Morgan fingerprint density at radius 1 is 0.897 bits per heavy atom. The summed E-state index contributed by atoms with van der Waals surface area (Å²) in [5.74, 6) is 0. The van der Waals surface area contributed by atoms with Crippen molar-refractivity contribution in [2.24, 2.45) is 0 Å². The van der Waals surface area contributed by atoms with Gasteiger partial charge in [0.25, 0.3) is 0 Å². The fourth-order valence-electron chi connectivity index (χ4n) is 4.03. The number of nitrogens with zero attached hydrogens (tertiary/aromatic N) is 1. The normalized spacial score (nSPS) is 25.4. The van der Waals surface area contributed by atoms with E-state index in [1.165, 1.54) is 16.8 Å². The summed E-state index contributed by atoms with van der Waals surface area (Å²) in [5, 5.41) is 0. The molecule has 5 rings (SSSR count). The average Bonchev–Trinajstić information content (AvgIpc) is 3.17. The summed E-state index contributed by atoms with van der Waals surface area (Å²) in [6, 6.07) is 21.6. The van der Waals surface area contributed by atoms with Crippen molar-refractivity contribution in [2.45, 2.75) is 24.9 Å². The molecule has 8 heteroatoms. The summed E-state index contributed by atoms with van der Waals surface area (Å²) in [7, 11) is 0. The SMILES string of the molecule is O=c1ccn([C@@H]2C[C@H]3[O][Sn]([c]4ccccc4)([c]4ccccc4)[O]C[C@H]3O2)c(=O)[nH]1. The molecular weight excluding hydrogens is 479 g/mol. The van der Waals surface area contributed by atoms with Gasteiger partial charge in [0.1, 0.15) is 0 Å². The van der Waals surface area contributed by atoms with E-state index < -0.39 is 36.7 Å². The molecule has 0 saturated carbocycles. The van der Waals surface area contributed by atoms with Crippen molar-refractivity contribution in [1.29, 1.82) is 0 Å². The first kappa shape index (κ1) is 18.8. The summed E-state index contributed by atoms with van der Waals surface area (Å²) in [4.78, 5) is 25.8. The summed E-state index contributed by atoms with van der Waals surface area (Å²) in [6.45, 7) is 0.416. The summed E-state index contributed by atoms with van der Waals surface area (Å²) < 4.78 is 22.9. The van der Waals surface area contributed by atoms with Gasteiger partial charge in [0, 0.05) is 0 Å². The first-order chi connectivity index (χ1) is 14.2. The summed E-state index contributed by atoms with van der Waals surface area (Å²) in [5.41, 5.74) is -0.910. The molecule has 1 N–H and O–H groups in total. The zero-order chi connectivity index (χ0) is 19.8. The third-order valence-electron chi connectivity index (χ3n) is 5.42. The maximum atomic E-state index is 12.2. The van der Waals surface area contributed by atoms with E-state index in [0.29, 0.717) is 13.0 Å². The van der Waals surface area contributed by atoms with Crippen LogP contribution in [0.15, 0.2) is 82.5 Å². The molecule has 2 fully saturated rings. The number of nitrogens with one attached hydrogen (secondary N) is 1. The second-order valence-electron chi connectivity index (χ2n) is 7.20. The number of fused-ring (bicyclic) bond motifs is 1. The van der Waals surface area contributed by atoms with E-state index in [0.717, 1.165) is 7.16 Å². The van der Waals surface area contributed by atoms with Crippen molar-refractivity contribution < 1.29 is 10.9 Å². The summed E-state index contributed by atoms with van der Waals surface area (Å²) in [6.07, 6.45) is 1.07. The van der Waals surface area contributed by atoms with Crippen molar-refractivity contribution in [3.63, 3.8) is 0 Å². The third-order valence-corrected chi connectivity index (χ3v) is 15.1. The molecular formula is C21H20N2O5Sn. The van der Waals surface area contributed by atoms with Gasteiger partial charge in [-0.2, -0.15) is 0 Å². The monoisotopic (exact) mass is 500 g/mol. The van der Waals surface area contributed by atoms with Gasteiger partial charge in [0.2, 0.25) is 0 Å². The minimum absolute atomic E-state index is 0.177. The van der Waals surface area contributed by atoms with Gasteiger partial charge in [-0.3, -0.25) is 0 Å². The molecule has 0 spiro atoms. The fourth-order valence-corrected chi connectivity index (χ4v) is 13.6. The van der Waals surface area contributed by atoms with Crippen molar-refractivity contribution in [2.75, 3.05) is 6.61 Å². The van der Waals surface area contributed by atoms with Gasteiger partial charge in [0.05, 0.1) is 0 Å². The molecule has 0 aliphatic carbocycles. The van der Waals surface area contributed by atoms with Crippen LogP contribution < -0.4 is 18.4 Å². The first-order valence-electron chi connectivity index (χ1n) is 9.55. The molecule has 29 heavy (non-hydrogen) atoms. The number of aromatic amines is 1. The van der Waals surface area contributed by atoms with Crippen molar-refractivity contribution in [3.8, 4) is 0 Å². The minimum atomic E-state index is -3.85. The Balaban J connectivity index is 1.49. The Bertz CT molecular complexity index is 1080. The number of hydrogen-bond donors (Lipinski definition) is 1. The maximum absolute atomic E-state index is 12.2. The molecule has 1 aromatic heterocycles. The fraction of sp³-hybridized carbons (Fsp3) is 0.238. The molecule has 2 aliphatic rings. The Morgan fingerprint density at radius 3 is 2.17 bits per heavy atom. The van der Waals surface area contributed by atoms with Crippen molar-refractivity contribution >= 4 is 26.4 Å². The Kier molecular flexibility index (Phi) is 4.90. The van der Waals surface area contributed by atoms with Gasteiger partial charge in [-0.15, -0.1) is 0 Å². The molecule has 3 heterocycles. The van der Waals surface area contributed by atoms with Gasteiger partial charge in [-0.05, 0) is 0 Å². The topological polar surface area (TPSA) is 82.5 Å². The molecule has 0 bridgehead atoms. The molecule has 7 nitrogen and oxygen atoms in total. The molecule has 148 valence electrons. The van der Waals surface area contributed by atoms with Gasteiger partial charge in [0.15, 0.2) is 0 Å². The van der Waals surface area contributed by atoms with Crippen LogP contribution in [0.2, 0.25) is 0 Å². The number of hydrogen-bond acceptors (Lipinski definition) is 5. The van der Waals surface area contributed by atoms with Crippen molar-refractivity contribution in [3.05, 3.63) is 93.8 Å². The predicted octanol–water partition coefficient (Wildman–Crippen LogP) is 0.496. The Hall–Kier alpha value is -2.20. The van der Waals surface area contributed by atoms with Gasteiger partial charge < -0.3 is 0 Å². The van der Waals surface area contributed by atoms with E-state index in [9.17, 15) is 9.59 Å². The number of H-pyrrole nitrogens is 1. The van der Waals surface area contributed by atoms with Gasteiger partial charge in [-0.25, -0.2) is 0 Å². The molecule has 0 radical (unpaired) electrons. The molecule has 2 aliphatic heterocycles. The Labute approximate surface area is 171 Å². The zero-order valence-corrected chi connectivity index (χ0v) is 18.4. The molecule has 2 saturated heterocycles. The van der Waals surface area contributed by atoms with Crippen LogP contribution in [0, 0.1) is 0 Å². The number of ether oxygens (including phenoxy) is 1. The van der Waals surface area contributed by atoms with Crippen LogP contribution in [0.25, 0.3) is 0 Å². The molecule has 0 unspecified atom stereocenters. The van der Waals surface area contributed by atoms with Crippen LogP contribution in [-0.2, 0) is 10.9 Å². The Morgan fingerprint density at radius 2 is 1.55 bits per heavy atom. The van der Waals surface area contributed by atoms with E-state index in [1.807, 2.05) is 36.4 Å². The van der Waals surface area contributed by atoms with E-state index >= 15 is 0 Å². The van der Waals surface area contributed by atoms with Crippen LogP contribution in [0.3, 0.4) is 0 Å². The third kappa shape index (κ3) is 3.37. The second kappa shape index (κ2) is 7.56. The first-order valence-corrected chi connectivity index (χ1v) is 14.7. The van der Waals surface area contributed by atoms with Crippen LogP contribution in [0.5, 0.6) is 0 Å². The average molecular weight is 499 g/mol. The van der Waals surface area contributed by atoms with Crippen LogP contribution in [0.1, 0.15) is 12.6 Å². The molecule has 3 atom stereocenters. The number of benzene rings is 2. The standard InChI is InChI=1S/C9H10N2O5.2C6H5.Sn/c12-4-6-5(13)3-8(16-6)11-2-1-7(14)10-9(11)15;2*1-2-4-6-5-3-1;/h1-2,5-6,8H,3-4H2,(H,10,14,15);2*1-5H;/q-2;;;+2/t5-,6-,8+;;;/m1.../s1. The van der Waals surface area contributed by atoms with E-state index in [-0.39, 0.29) is 12.2 Å². The quantitative estimate of drug-likeness (QED) is 0.532. The van der Waals surface area contributed by atoms with E-state index in [4.69, 9.17) is 10.9 Å². The van der Waals surface area contributed by atoms with Gasteiger partial charge in [-0.1, -0.05) is 0 Å². The van der Waals surface area contributed by atoms with E-state index in [2.05, 4.69) is 29.2 Å². The summed E-state index contributed by atoms with van der Waals surface area (Å²) >= 11 is -3.85. The molecule has 3 aromatic rings. The zero-order valence-electron chi connectivity index (χ0n) is 15.6. The predicted molar refractivity (Wildman–Crippen MR) is 109 cm³/mol. The van der Waals surface area contributed by atoms with Crippen LogP contribution in [0.4, 0.5) is 0 Å². The van der Waals surface area contributed by atoms with E-state index in [1.54, 1.807) is 0 Å². The van der Waals surface area contributed by atoms with Crippen LogP contribution >= 0.6 is 0 Å². The molecule has 2 aromatic carbocycles. The van der Waals surface area contributed by atoms with Gasteiger partial charge >= 0.3 is 172 Å². The van der Waals surface area contributed by atoms with Crippen LogP contribution in [-0.4, -0.2) is 47.6 Å². The number of rotatable bonds is 3. The molecule has 0 amide bonds. The number of aromatic nitrogens is 2.